The number of hydrogen-bond donors (Lipinski definition) is 1. The van der Waals surface area contributed by atoms with E-state index in [9.17, 15) is 0 Å². The molecule has 0 aliphatic heterocycles. The number of nitrogens with zero attached hydrogens (tertiary/aromatic N) is 1. The summed E-state index contributed by atoms with van der Waals surface area (Å²) in [6, 6.07) is 10.6. The van der Waals surface area contributed by atoms with Gasteiger partial charge in [-0.25, -0.2) is 0 Å². The molecule has 0 fully saturated rings. The zero-order valence-corrected chi connectivity index (χ0v) is 11.7. The van der Waals surface area contributed by atoms with E-state index >= 15 is 0 Å². The van der Waals surface area contributed by atoms with Crippen molar-refractivity contribution in [1.82, 2.24) is 10.3 Å². The summed E-state index contributed by atoms with van der Waals surface area (Å²) in [4.78, 5) is 4.20. The number of methoxy groups -OCH3 is 1. The molecule has 1 heterocycles. The van der Waals surface area contributed by atoms with E-state index in [0.717, 1.165) is 12.3 Å². The highest BCUT2D eigenvalue weighted by Crippen LogP contribution is 2.17. The number of benzene rings is 1. The molecule has 1 N–H and O–H groups in total. The van der Waals surface area contributed by atoms with Crippen molar-refractivity contribution in [1.29, 1.82) is 0 Å². The molecule has 2 aromatic rings. The minimum Gasteiger partial charge on any atom is -0.497 e. The van der Waals surface area contributed by atoms with E-state index < -0.39 is 0 Å². The highest BCUT2D eigenvalue weighted by atomic mass is 16.5. The number of rotatable bonds is 5. The highest BCUT2D eigenvalue weighted by molar-refractivity contribution is 5.29. The summed E-state index contributed by atoms with van der Waals surface area (Å²) in [5.41, 5.74) is 3.65. The van der Waals surface area contributed by atoms with Gasteiger partial charge in [-0.3, -0.25) is 4.98 Å². The van der Waals surface area contributed by atoms with E-state index in [2.05, 4.69) is 42.3 Å². The number of aromatic nitrogens is 1. The van der Waals surface area contributed by atoms with E-state index in [1.807, 2.05) is 24.5 Å². The van der Waals surface area contributed by atoms with Crippen LogP contribution < -0.4 is 10.1 Å². The predicted molar refractivity (Wildman–Crippen MR) is 77.2 cm³/mol. The van der Waals surface area contributed by atoms with Crippen LogP contribution in [0, 0.1) is 6.92 Å². The molecule has 3 heteroatoms. The first kappa shape index (κ1) is 13.6. The number of aryl methyl sites for hydroxylation is 1. The van der Waals surface area contributed by atoms with Crippen LogP contribution in [0.2, 0.25) is 0 Å². The fourth-order valence-corrected chi connectivity index (χ4v) is 2.00. The second-order valence-corrected chi connectivity index (χ2v) is 4.75. The van der Waals surface area contributed by atoms with E-state index in [4.69, 9.17) is 4.74 Å². The molecule has 1 atom stereocenters. The average Bonchev–Trinajstić information content (AvgIpc) is 2.45. The summed E-state index contributed by atoms with van der Waals surface area (Å²) in [5.74, 6) is 0.888. The molecule has 0 radical (unpaired) electrons. The maximum absolute atomic E-state index is 5.16. The summed E-state index contributed by atoms with van der Waals surface area (Å²) in [6.45, 7) is 5.04. The Balaban J connectivity index is 1.95. The molecular weight excluding hydrogens is 236 g/mol. The van der Waals surface area contributed by atoms with Gasteiger partial charge in [-0.05, 0) is 42.7 Å². The fourth-order valence-electron chi connectivity index (χ4n) is 2.00. The molecule has 0 aliphatic rings. The standard InChI is InChI=1S/C16H20N2O/c1-12-8-14(10-17-9-12)11-18-13(2)15-4-6-16(19-3)7-5-15/h4-10,13,18H,11H2,1-3H3. The Kier molecular flexibility index (Phi) is 4.53. The molecule has 0 spiro atoms. The van der Waals surface area contributed by atoms with Gasteiger partial charge in [-0.15, -0.1) is 0 Å². The molecule has 1 unspecified atom stereocenters. The van der Waals surface area contributed by atoms with Crippen LogP contribution in [0.1, 0.15) is 29.7 Å². The first-order valence-corrected chi connectivity index (χ1v) is 6.47. The van der Waals surface area contributed by atoms with Crippen LogP contribution in [0.5, 0.6) is 5.75 Å². The topological polar surface area (TPSA) is 34.1 Å². The van der Waals surface area contributed by atoms with Gasteiger partial charge in [0.25, 0.3) is 0 Å². The second-order valence-electron chi connectivity index (χ2n) is 4.75. The molecule has 0 bridgehead atoms. The molecule has 100 valence electrons. The first-order chi connectivity index (χ1) is 9.19. The SMILES string of the molecule is COc1ccc(C(C)NCc2cncc(C)c2)cc1. The summed E-state index contributed by atoms with van der Waals surface area (Å²) in [6.07, 6.45) is 3.77. The monoisotopic (exact) mass is 256 g/mol. The Bertz CT molecular complexity index is 523. The zero-order valence-electron chi connectivity index (χ0n) is 11.7. The fraction of sp³-hybridized carbons (Fsp3) is 0.312. The zero-order chi connectivity index (χ0) is 13.7. The van der Waals surface area contributed by atoms with Crippen molar-refractivity contribution in [3.05, 3.63) is 59.4 Å². The molecule has 0 saturated heterocycles. The lowest BCUT2D eigenvalue weighted by Gasteiger charge is -2.14. The molecule has 1 aromatic carbocycles. The molecular formula is C16H20N2O. The van der Waals surface area contributed by atoms with Crippen LogP contribution in [0.4, 0.5) is 0 Å². The van der Waals surface area contributed by atoms with E-state index in [-0.39, 0.29) is 0 Å². The number of hydrogen-bond acceptors (Lipinski definition) is 3. The largest absolute Gasteiger partial charge is 0.497 e. The van der Waals surface area contributed by atoms with Crippen molar-refractivity contribution in [3.63, 3.8) is 0 Å². The normalized spacial score (nSPS) is 12.2. The lowest BCUT2D eigenvalue weighted by atomic mass is 10.1. The maximum Gasteiger partial charge on any atom is 0.118 e. The van der Waals surface area contributed by atoms with Gasteiger partial charge < -0.3 is 10.1 Å². The van der Waals surface area contributed by atoms with Gasteiger partial charge in [0.15, 0.2) is 0 Å². The van der Waals surface area contributed by atoms with Crippen molar-refractivity contribution < 1.29 is 4.74 Å². The molecule has 2 rings (SSSR count). The third-order valence-electron chi connectivity index (χ3n) is 3.16. The summed E-state index contributed by atoms with van der Waals surface area (Å²) in [7, 11) is 1.68. The van der Waals surface area contributed by atoms with Gasteiger partial charge in [-0.2, -0.15) is 0 Å². The number of pyridine rings is 1. The third-order valence-corrected chi connectivity index (χ3v) is 3.16. The Morgan fingerprint density at radius 3 is 2.58 bits per heavy atom. The summed E-state index contributed by atoms with van der Waals surface area (Å²) >= 11 is 0. The van der Waals surface area contributed by atoms with Crippen molar-refractivity contribution in [2.24, 2.45) is 0 Å². The van der Waals surface area contributed by atoms with Crippen LogP contribution in [0.25, 0.3) is 0 Å². The lowest BCUT2D eigenvalue weighted by Crippen LogP contribution is -2.18. The minimum atomic E-state index is 0.298. The predicted octanol–water partition coefficient (Wildman–Crippen LogP) is 3.25. The Morgan fingerprint density at radius 2 is 1.95 bits per heavy atom. The number of nitrogens with one attached hydrogen (secondary N) is 1. The summed E-state index contributed by atoms with van der Waals surface area (Å²) < 4.78 is 5.16. The van der Waals surface area contributed by atoms with Crippen LogP contribution in [0.15, 0.2) is 42.7 Å². The molecule has 0 aliphatic carbocycles. The quantitative estimate of drug-likeness (QED) is 0.891. The van der Waals surface area contributed by atoms with Crippen molar-refractivity contribution in [3.8, 4) is 5.75 Å². The van der Waals surface area contributed by atoms with Gasteiger partial charge in [0, 0.05) is 25.0 Å². The Labute approximate surface area is 114 Å². The van der Waals surface area contributed by atoms with Gasteiger partial charge in [0.2, 0.25) is 0 Å². The minimum absolute atomic E-state index is 0.298. The summed E-state index contributed by atoms with van der Waals surface area (Å²) in [5, 5.41) is 3.50. The van der Waals surface area contributed by atoms with E-state index in [1.165, 1.54) is 16.7 Å². The van der Waals surface area contributed by atoms with Crippen molar-refractivity contribution in [2.75, 3.05) is 7.11 Å². The van der Waals surface area contributed by atoms with Crippen LogP contribution in [-0.4, -0.2) is 12.1 Å². The molecule has 0 saturated carbocycles. The van der Waals surface area contributed by atoms with Crippen LogP contribution in [0.3, 0.4) is 0 Å². The first-order valence-electron chi connectivity index (χ1n) is 6.47. The lowest BCUT2D eigenvalue weighted by molar-refractivity contribution is 0.414. The maximum atomic E-state index is 5.16. The number of ether oxygens (including phenoxy) is 1. The van der Waals surface area contributed by atoms with Crippen molar-refractivity contribution in [2.45, 2.75) is 26.4 Å². The molecule has 1 aromatic heterocycles. The Hall–Kier alpha value is -1.87. The van der Waals surface area contributed by atoms with Gasteiger partial charge in [-0.1, -0.05) is 18.2 Å². The Morgan fingerprint density at radius 1 is 1.21 bits per heavy atom. The molecule has 19 heavy (non-hydrogen) atoms. The van der Waals surface area contributed by atoms with Crippen LogP contribution >= 0.6 is 0 Å². The van der Waals surface area contributed by atoms with Gasteiger partial charge >= 0.3 is 0 Å². The third kappa shape index (κ3) is 3.80. The van der Waals surface area contributed by atoms with Gasteiger partial charge in [0.1, 0.15) is 5.75 Å². The van der Waals surface area contributed by atoms with Crippen LogP contribution in [-0.2, 0) is 6.54 Å². The van der Waals surface area contributed by atoms with E-state index in [1.54, 1.807) is 7.11 Å². The second kappa shape index (κ2) is 6.34. The highest BCUT2D eigenvalue weighted by Gasteiger charge is 2.05. The van der Waals surface area contributed by atoms with E-state index in [0.29, 0.717) is 6.04 Å². The average molecular weight is 256 g/mol. The molecule has 3 nitrogen and oxygen atoms in total. The molecule has 0 amide bonds. The smallest absolute Gasteiger partial charge is 0.118 e. The van der Waals surface area contributed by atoms with Crippen molar-refractivity contribution >= 4 is 0 Å². The van der Waals surface area contributed by atoms with Gasteiger partial charge in [0.05, 0.1) is 7.11 Å².